The van der Waals surface area contributed by atoms with Crippen LogP contribution in [0.15, 0.2) is 53.6 Å². The van der Waals surface area contributed by atoms with Gasteiger partial charge < -0.3 is 0 Å². The molecule has 0 aliphatic carbocycles. The van der Waals surface area contributed by atoms with Crippen molar-refractivity contribution in [2.75, 3.05) is 0 Å². The van der Waals surface area contributed by atoms with Gasteiger partial charge in [-0.25, -0.2) is 5.43 Å². The number of nitrogens with zero attached hydrogens (tertiary/aromatic N) is 4. The van der Waals surface area contributed by atoms with Crippen molar-refractivity contribution >= 4 is 12.1 Å². The van der Waals surface area contributed by atoms with Crippen LogP contribution < -0.4 is 5.43 Å². The van der Waals surface area contributed by atoms with Crippen LogP contribution in [0.25, 0.3) is 0 Å². The number of aromatic nitrogens is 3. The number of amides is 1. The highest BCUT2D eigenvalue weighted by Crippen LogP contribution is 2.10. The molecular formula is C20H21N5O. The summed E-state index contributed by atoms with van der Waals surface area (Å²) in [5, 5.41) is 8.44. The van der Waals surface area contributed by atoms with E-state index in [1.807, 2.05) is 67.9 Å². The summed E-state index contributed by atoms with van der Waals surface area (Å²) in [5.41, 5.74) is 7.77. The third-order valence-electron chi connectivity index (χ3n) is 3.90. The number of benzene rings is 1. The number of aryl methyl sites for hydroxylation is 3. The summed E-state index contributed by atoms with van der Waals surface area (Å²) >= 11 is 0. The molecule has 6 nitrogen and oxygen atoms in total. The third-order valence-corrected chi connectivity index (χ3v) is 3.90. The van der Waals surface area contributed by atoms with E-state index in [2.05, 4.69) is 20.6 Å². The van der Waals surface area contributed by atoms with Gasteiger partial charge in [0.1, 0.15) is 0 Å². The number of carbonyl (C=O) groups excluding carboxylic acids is 1. The number of hydrazone groups is 1. The van der Waals surface area contributed by atoms with Gasteiger partial charge in [0.2, 0.25) is 0 Å². The van der Waals surface area contributed by atoms with Gasteiger partial charge in [0, 0.05) is 17.0 Å². The monoisotopic (exact) mass is 347 g/mol. The first-order valence-electron chi connectivity index (χ1n) is 8.38. The lowest BCUT2D eigenvalue weighted by Gasteiger charge is -2.06. The van der Waals surface area contributed by atoms with Crippen molar-refractivity contribution < 1.29 is 4.79 Å². The molecule has 0 bridgehead atoms. The summed E-state index contributed by atoms with van der Waals surface area (Å²) in [6, 6.07) is 15.1. The van der Waals surface area contributed by atoms with Crippen molar-refractivity contribution in [1.29, 1.82) is 0 Å². The first-order chi connectivity index (χ1) is 12.5. The molecule has 0 atom stereocenters. The average molecular weight is 347 g/mol. The van der Waals surface area contributed by atoms with E-state index in [-0.39, 0.29) is 5.91 Å². The van der Waals surface area contributed by atoms with Gasteiger partial charge in [-0.3, -0.25) is 14.5 Å². The van der Waals surface area contributed by atoms with Crippen molar-refractivity contribution in [2.45, 2.75) is 27.3 Å². The molecule has 0 unspecified atom stereocenters. The molecule has 0 spiro atoms. The average Bonchev–Trinajstić information content (AvgIpc) is 2.92. The van der Waals surface area contributed by atoms with Crippen LogP contribution in [0, 0.1) is 20.8 Å². The first-order valence-corrected chi connectivity index (χ1v) is 8.38. The SMILES string of the molecule is Cc1cccc(/C=N/NC(=O)c2cccc(Cn3nc(C)cc3C)c2)n1. The minimum atomic E-state index is -0.260. The van der Waals surface area contributed by atoms with E-state index in [0.717, 1.165) is 22.6 Å². The Hall–Kier alpha value is -3.28. The normalized spacial score (nSPS) is 11.0. The highest BCUT2D eigenvalue weighted by atomic mass is 16.2. The van der Waals surface area contributed by atoms with E-state index in [4.69, 9.17) is 0 Å². The number of rotatable bonds is 5. The Morgan fingerprint density at radius 1 is 1.12 bits per heavy atom. The molecule has 6 heteroatoms. The van der Waals surface area contributed by atoms with Crippen LogP contribution in [-0.4, -0.2) is 26.9 Å². The van der Waals surface area contributed by atoms with E-state index in [0.29, 0.717) is 17.8 Å². The van der Waals surface area contributed by atoms with Crippen LogP contribution in [0.3, 0.4) is 0 Å². The summed E-state index contributed by atoms with van der Waals surface area (Å²) in [7, 11) is 0. The Morgan fingerprint density at radius 3 is 2.65 bits per heavy atom. The zero-order chi connectivity index (χ0) is 18.5. The van der Waals surface area contributed by atoms with Gasteiger partial charge >= 0.3 is 0 Å². The zero-order valence-corrected chi connectivity index (χ0v) is 15.1. The smallest absolute Gasteiger partial charge is 0.267 e. The van der Waals surface area contributed by atoms with Gasteiger partial charge in [0.15, 0.2) is 0 Å². The standard InChI is InChI=1S/C20H21N5O/c1-14-6-4-9-19(22-14)12-21-23-20(26)18-8-5-7-17(11-18)13-25-16(3)10-15(2)24-25/h4-12H,13H2,1-3H3,(H,23,26)/b21-12+. The van der Waals surface area contributed by atoms with E-state index < -0.39 is 0 Å². The van der Waals surface area contributed by atoms with Crippen molar-refractivity contribution in [3.8, 4) is 0 Å². The molecule has 1 aromatic carbocycles. The van der Waals surface area contributed by atoms with Crippen LogP contribution in [0.1, 0.15) is 38.7 Å². The van der Waals surface area contributed by atoms with Gasteiger partial charge in [-0.05, 0) is 56.7 Å². The van der Waals surface area contributed by atoms with Crippen LogP contribution >= 0.6 is 0 Å². The fraction of sp³-hybridized carbons (Fsp3) is 0.200. The van der Waals surface area contributed by atoms with Crippen LogP contribution in [-0.2, 0) is 6.54 Å². The number of pyridine rings is 1. The second-order valence-electron chi connectivity index (χ2n) is 6.19. The maximum atomic E-state index is 12.3. The molecule has 2 heterocycles. The number of nitrogens with one attached hydrogen (secondary N) is 1. The van der Waals surface area contributed by atoms with Crippen molar-refractivity contribution in [2.24, 2.45) is 5.10 Å². The van der Waals surface area contributed by atoms with Crippen molar-refractivity contribution in [3.05, 3.63) is 82.4 Å². The minimum Gasteiger partial charge on any atom is -0.267 e. The van der Waals surface area contributed by atoms with Crippen molar-refractivity contribution in [1.82, 2.24) is 20.2 Å². The molecule has 26 heavy (non-hydrogen) atoms. The quantitative estimate of drug-likeness (QED) is 0.570. The molecule has 0 aliphatic rings. The fourth-order valence-electron chi connectivity index (χ4n) is 2.68. The number of hydrogen-bond donors (Lipinski definition) is 1. The van der Waals surface area contributed by atoms with Crippen LogP contribution in [0.2, 0.25) is 0 Å². The first kappa shape index (κ1) is 17.5. The predicted molar refractivity (Wildman–Crippen MR) is 101 cm³/mol. The Labute approximate surface area is 152 Å². The van der Waals surface area contributed by atoms with E-state index >= 15 is 0 Å². The lowest BCUT2D eigenvalue weighted by atomic mass is 10.1. The summed E-state index contributed by atoms with van der Waals surface area (Å²) in [4.78, 5) is 16.6. The topological polar surface area (TPSA) is 72.2 Å². The van der Waals surface area contributed by atoms with E-state index in [1.165, 1.54) is 6.21 Å². The second kappa shape index (κ2) is 7.74. The molecule has 1 amide bonds. The van der Waals surface area contributed by atoms with E-state index in [1.54, 1.807) is 6.07 Å². The van der Waals surface area contributed by atoms with Gasteiger partial charge in [0.05, 0.1) is 24.1 Å². The maximum absolute atomic E-state index is 12.3. The Balaban J connectivity index is 1.67. The maximum Gasteiger partial charge on any atom is 0.271 e. The minimum absolute atomic E-state index is 0.260. The second-order valence-corrected chi connectivity index (χ2v) is 6.19. The molecular weight excluding hydrogens is 326 g/mol. The van der Waals surface area contributed by atoms with Crippen LogP contribution in [0.4, 0.5) is 0 Å². The highest BCUT2D eigenvalue weighted by Gasteiger charge is 2.07. The third kappa shape index (κ3) is 4.42. The summed E-state index contributed by atoms with van der Waals surface area (Å²) in [6.45, 7) is 6.51. The highest BCUT2D eigenvalue weighted by molar-refractivity contribution is 5.94. The molecule has 0 saturated carbocycles. The lowest BCUT2D eigenvalue weighted by molar-refractivity contribution is 0.0955. The summed E-state index contributed by atoms with van der Waals surface area (Å²) in [6.07, 6.45) is 1.53. The van der Waals surface area contributed by atoms with Gasteiger partial charge in [-0.1, -0.05) is 18.2 Å². The molecule has 1 N–H and O–H groups in total. The molecule has 0 fully saturated rings. The van der Waals surface area contributed by atoms with Gasteiger partial charge in [0.25, 0.3) is 5.91 Å². The largest absolute Gasteiger partial charge is 0.271 e. The number of hydrogen-bond acceptors (Lipinski definition) is 4. The van der Waals surface area contributed by atoms with Crippen molar-refractivity contribution in [3.63, 3.8) is 0 Å². The molecule has 0 saturated heterocycles. The van der Waals surface area contributed by atoms with E-state index in [9.17, 15) is 4.79 Å². The van der Waals surface area contributed by atoms with Gasteiger partial charge in [-0.15, -0.1) is 0 Å². The number of carbonyl (C=O) groups is 1. The predicted octanol–water partition coefficient (Wildman–Crippen LogP) is 3.02. The van der Waals surface area contributed by atoms with Crippen LogP contribution in [0.5, 0.6) is 0 Å². The fourth-order valence-corrected chi connectivity index (χ4v) is 2.68. The van der Waals surface area contributed by atoms with Gasteiger partial charge in [-0.2, -0.15) is 10.2 Å². The molecule has 132 valence electrons. The summed E-state index contributed by atoms with van der Waals surface area (Å²) < 4.78 is 1.92. The molecule has 0 aliphatic heterocycles. The Bertz CT molecular complexity index is 958. The molecule has 0 radical (unpaired) electrons. The molecule has 3 aromatic rings. The summed E-state index contributed by atoms with van der Waals surface area (Å²) in [5.74, 6) is -0.260. The zero-order valence-electron chi connectivity index (χ0n) is 15.1. The molecule has 3 rings (SSSR count). The Morgan fingerprint density at radius 2 is 1.92 bits per heavy atom. The lowest BCUT2D eigenvalue weighted by Crippen LogP contribution is -2.18. The Kier molecular flexibility index (Phi) is 5.22. The molecule has 2 aromatic heterocycles.